The van der Waals surface area contributed by atoms with Crippen LogP contribution in [0.15, 0.2) is 29.0 Å². The second kappa shape index (κ2) is 11.4. The van der Waals surface area contributed by atoms with E-state index in [1.807, 2.05) is 27.7 Å². The standard InChI is InChI=1S/C27H38FN9O2/c1-16(30-6)13-21(29)33-24-20(36-9-11-37(12-10-36)26(38)39-27(3,4)5)15-31-25(35-24)34-22-14-19(18-7-8-18)23(28)17(2)32-22/h13-15,18,30H,7-12H2,1-6H3,(H3,29,31,32,33,34,35)/p+1/b16-13-. The third-order valence-electron chi connectivity index (χ3n) is 6.47. The van der Waals surface area contributed by atoms with Gasteiger partial charge in [0.1, 0.15) is 22.9 Å². The summed E-state index contributed by atoms with van der Waals surface area (Å²) in [6.45, 7) is 11.2. The van der Waals surface area contributed by atoms with E-state index in [-0.39, 0.29) is 23.7 Å². The molecule has 0 aromatic carbocycles. The number of rotatable bonds is 7. The number of aromatic nitrogens is 3. The number of aryl methyl sites for hydroxylation is 1. The lowest BCUT2D eigenvalue weighted by molar-refractivity contribution is -0.363. The molecule has 0 radical (unpaired) electrons. The van der Waals surface area contributed by atoms with Crippen LogP contribution >= 0.6 is 0 Å². The molecule has 0 bridgehead atoms. The van der Waals surface area contributed by atoms with E-state index in [1.54, 1.807) is 37.2 Å². The Morgan fingerprint density at radius 2 is 1.95 bits per heavy atom. The van der Waals surface area contributed by atoms with Crippen molar-refractivity contribution in [1.82, 2.24) is 20.2 Å². The number of halogens is 1. The smallest absolute Gasteiger partial charge is 0.410 e. The zero-order valence-corrected chi connectivity index (χ0v) is 23.6. The number of hydrogen-bond acceptors (Lipinski definition) is 8. The molecule has 0 atom stereocenters. The summed E-state index contributed by atoms with van der Waals surface area (Å²) in [6.07, 6.45) is 5.17. The Balaban J connectivity index is 1.59. The number of ether oxygens (including phenoxy) is 1. The van der Waals surface area contributed by atoms with Gasteiger partial charge in [0.05, 0.1) is 11.9 Å². The van der Waals surface area contributed by atoms with Gasteiger partial charge in [0.2, 0.25) is 0 Å². The fourth-order valence-electron chi connectivity index (χ4n) is 4.24. The van der Waals surface area contributed by atoms with Crippen molar-refractivity contribution in [2.75, 3.05) is 43.4 Å². The second-order valence-corrected chi connectivity index (χ2v) is 10.9. The Kier molecular flexibility index (Phi) is 8.22. The zero-order valence-electron chi connectivity index (χ0n) is 23.6. The van der Waals surface area contributed by atoms with Crippen LogP contribution in [0.2, 0.25) is 0 Å². The average molecular weight is 541 g/mol. The minimum atomic E-state index is -0.550. The van der Waals surface area contributed by atoms with Crippen molar-refractivity contribution in [2.45, 2.75) is 59.0 Å². The van der Waals surface area contributed by atoms with Crippen molar-refractivity contribution in [3.05, 3.63) is 41.1 Å². The largest absolute Gasteiger partial charge is 0.444 e. The highest BCUT2D eigenvalue weighted by Gasteiger charge is 2.30. The molecule has 12 heteroatoms. The van der Waals surface area contributed by atoms with Gasteiger partial charge in [-0.2, -0.15) is 4.99 Å². The SMILES string of the molecule is CN/C(C)=C\C(N)=Nc1nc(Nc2cc(C3CC3)c(F)c(C)n2)[nH+]cc1N1CCN(C(=O)OC(C)(C)C)CC1. The minimum Gasteiger partial charge on any atom is -0.444 e. The third kappa shape index (κ3) is 7.33. The van der Waals surface area contributed by atoms with E-state index in [9.17, 15) is 9.18 Å². The normalized spacial score (nSPS) is 16.8. The number of nitrogens with two attached hydrogens (primary N) is 1. The van der Waals surface area contributed by atoms with E-state index >= 15 is 0 Å². The molecule has 1 aliphatic heterocycles. The van der Waals surface area contributed by atoms with Gasteiger partial charge >= 0.3 is 12.0 Å². The van der Waals surface area contributed by atoms with E-state index in [1.165, 1.54) is 0 Å². The van der Waals surface area contributed by atoms with E-state index in [0.717, 1.165) is 24.2 Å². The molecule has 210 valence electrons. The van der Waals surface area contributed by atoms with Crippen LogP contribution < -0.4 is 26.3 Å². The van der Waals surface area contributed by atoms with Crippen LogP contribution in [0.25, 0.3) is 0 Å². The van der Waals surface area contributed by atoms with Crippen molar-refractivity contribution < 1.29 is 18.9 Å². The number of amides is 1. The van der Waals surface area contributed by atoms with Gasteiger partial charge in [-0.15, -0.1) is 0 Å². The third-order valence-corrected chi connectivity index (χ3v) is 6.47. The van der Waals surface area contributed by atoms with Gasteiger partial charge in [-0.25, -0.2) is 24.5 Å². The number of nitrogens with one attached hydrogen (secondary N) is 3. The Bertz CT molecular complexity index is 1280. The number of carbonyl (C=O) groups excluding carboxylic acids is 1. The zero-order chi connectivity index (χ0) is 28.3. The maximum atomic E-state index is 14.6. The lowest BCUT2D eigenvalue weighted by Crippen LogP contribution is -2.50. The second-order valence-electron chi connectivity index (χ2n) is 10.9. The Labute approximate surface area is 228 Å². The molecule has 1 saturated heterocycles. The first-order valence-electron chi connectivity index (χ1n) is 13.2. The number of H-pyrrole nitrogens is 1. The molecule has 2 fully saturated rings. The molecule has 3 heterocycles. The Morgan fingerprint density at radius 3 is 2.56 bits per heavy atom. The van der Waals surface area contributed by atoms with E-state index in [4.69, 9.17) is 15.5 Å². The molecule has 1 amide bonds. The summed E-state index contributed by atoms with van der Waals surface area (Å²) in [5.41, 5.74) is 8.29. The van der Waals surface area contributed by atoms with Crippen molar-refractivity contribution in [2.24, 2.45) is 10.7 Å². The van der Waals surface area contributed by atoms with Gasteiger partial charge in [-0.05, 0) is 70.0 Å². The molecule has 1 saturated carbocycles. The predicted molar refractivity (Wildman–Crippen MR) is 149 cm³/mol. The summed E-state index contributed by atoms with van der Waals surface area (Å²) in [5.74, 6) is 1.59. The maximum absolute atomic E-state index is 14.6. The van der Waals surface area contributed by atoms with Gasteiger partial charge in [0.25, 0.3) is 5.82 Å². The van der Waals surface area contributed by atoms with Crippen LogP contribution in [0.1, 0.15) is 57.7 Å². The molecule has 2 aliphatic rings. The van der Waals surface area contributed by atoms with E-state index in [2.05, 4.69) is 30.5 Å². The molecule has 0 unspecified atom stereocenters. The molecule has 0 spiro atoms. The van der Waals surface area contributed by atoms with E-state index in [0.29, 0.717) is 55.0 Å². The minimum absolute atomic E-state index is 0.244. The number of allylic oxidation sites excluding steroid dienone is 1. The molecule has 5 N–H and O–H groups in total. The van der Waals surface area contributed by atoms with Crippen molar-refractivity contribution in [3.63, 3.8) is 0 Å². The monoisotopic (exact) mass is 540 g/mol. The first-order valence-corrected chi connectivity index (χ1v) is 13.2. The fraction of sp³-hybridized carbons (Fsp3) is 0.519. The molecule has 4 rings (SSSR count). The highest BCUT2D eigenvalue weighted by atomic mass is 19.1. The predicted octanol–water partition coefficient (Wildman–Crippen LogP) is 3.53. The molecule has 1 aliphatic carbocycles. The first kappa shape index (κ1) is 28.1. The summed E-state index contributed by atoms with van der Waals surface area (Å²) >= 11 is 0. The van der Waals surface area contributed by atoms with Crippen molar-refractivity contribution >= 4 is 35.2 Å². The highest BCUT2D eigenvalue weighted by Crippen LogP contribution is 2.42. The molecule has 11 nitrogen and oxygen atoms in total. The summed E-state index contributed by atoms with van der Waals surface area (Å²) in [5, 5.41) is 6.19. The maximum Gasteiger partial charge on any atom is 0.410 e. The average Bonchev–Trinajstić information content (AvgIpc) is 3.71. The number of piperazine rings is 1. The number of carbonyl (C=O) groups is 1. The number of nitrogens with zero attached hydrogens (tertiary/aromatic N) is 5. The molecular formula is C27H39FN9O2+. The number of anilines is 3. The number of hydrogen-bond donors (Lipinski definition) is 3. The lowest BCUT2D eigenvalue weighted by atomic mass is 10.1. The van der Waals surface area contributed by atoms with Gasteiger partial charge in [0.15, 0.2) is 5.82 Å². The fourth-order valence-corrected chi connectivity index (χ4v) is 4.24. The molecule has 2 aromatic heterocycles. The number of pyridine rings is 1. The number of aromatic amines is 1. The number of amidine groups is 1. The van der Waals surface area contributed by atoms with Crippen LogP contribution in [0, 0.1) is 12.7 Å². The van der Waals surface area contributed by atoms with Crippen LogP contribution in [-0.2, 0) is 4.74 Å². The van der Waals surface area contributed by atoms with Crippen LogP contribution in [0.5, 0.6) is 0 Å². The quantitative estimate of drug-likeness (QED) is 0.359. The molecule has 39 heavy (non-hydrogen) atoms. The van der Waals surface area contributed by atoms with Crippen molar-refractivity contribution in [3.8, 4) is 0 Å². The highest BCUT2D eigenvalue weighted by molar-refractivity contribution is 5.94. The lowest BCUT2D eigenvalue weighted by Gasteiger charge is -2.36. The summed E-state index contributed by atoms with van der Waals surface area (Å²) in [4.78, 5) is 33.1. The van der Waals surface area contributed by atoms with Gasteiger partial charge < -0.3 is 25.6 Å². The van der Waals surface area contributed by atoms with Crippen LogP contribution in [-0.4, -0.2) is 65.6 Å². The van der Waals surface area contributed by atoms with Crippen LogP contribution in [0.4, 0.5) is 32.5 Å². The van der Waals surface area contributed by atoms with Gasteiger partial charge in [-0.3, -0.25) is 0 Å². The summed E-state index contributed by atoms with van der Waals surface area (Å²) < 4.78 is 20.1. The summed E-state index contributed by atoms with van der Waals surface area (Å²) in [7, 11) is 1.81. The van der Waals surface area contributed by atoms with Crippen molar-refractivity contribution in [1.29, 1.82) is 0 Å². The van der Waals surface area contributed by atoms with Crippen LogP contribution in [0.3, 0.4) is 0 Å². The summed E-state index contributed by atoms with van der Waals surface area (Å²) in [6, 6.07) is 1.75. The Hall–Kier alpha value is -3.96. The Morgan fingerprint density at radius 1 is 1.26 bits per heavy atom. The van der Waals surface area contributed by atoms with Gasteiger partial charge in [-0.1, -0.05) is 0 Å². The first-order chi connectivity index (χ1) is 18.4. The molecular weight excluding hydrogens is 501 g/mol. The molecule has 2 aromatic rings. The van der Waals surface area contributed by atoms with Gasteiger partial charge in [0, 0.05) is 45.0 Å². The topological polar surface area (TPSA) is 135 Å². The number of aliphatic imine (C=N–C) groups is 1. The van der Waals surface area contributed by atoms with E-state index < -0.39 is 5.60 Å².